The number of nitrogens with zero attached hydrogens (tertiary/aromatic N) is 5. The van der Waals surface area contributed by atoms with Gasteiger partial charge in [0.25, 0.3) is 0 Å². The lowest BCUT2D eigenvalue weighted by Crippen LogP contribution is -2.31. The molecule has 182 valence electrons. The van der Waals surface area contributed by atoms with Crippen LogP contribution in [-0.4, -0.2) is 61.3 Å². The van der Waals surface area contributed by atoms with Crippen LogP contribution >= 0.6 is 0 Å². The van der Waals surface area contributed by atoms with Crippen molar-refractivity contribution in [3.63, 3.8) is 0 Å². The van der Waals surface area contributed by atoms with E-state index in [2.05, 4.69) is 27.1 Å². The second kappa shape index (κ2) is 9.79. The zero-order chi connectivity index (χ0) is 25.1. The van der Waals surface area contributed by atoms with Crippen LogP contribution in [-0.2, 0) is 23.2 Å². The first kappa shape index (κ1) is 25.1. The lowest BCUT2D eigenvalue weighted by Gasteiger charge is -2.20. The van der Waals surface area contributed by atoms with E-state index in [0.717, 1.165) is 18.4 Å². The van der Waals surface area contributed by atoms with Gasteiger partial charge < -0.3 is 14.7 Å². The van der Waals surface area contributed by atoms with Crippen LogP contribution in [0.1, 0.15) is 56.5 Å². The number of aliphatic carboxylic acids is 1. The molecule has 0 atom stereocenters. The minimum Gasteiger partial charge on any atom is -0.481 e. The molecule has 0 unspecified atom stereocenters. The SMILES string of the molecule is Cc1nc(-c2nnn(C)c2COC(=O)N(C)CCC(C)(C)F)ccc1C#CC1(CC(=O)O)CC1. The van der Waals surface area contributed by atoms with Crippen molar-refractivity contribution in [3.8, 4) is 23.2 Å². The summed E-state index contributed by atoms with van der Waals surface area (Å²) >= 11 is 0. The lowest BCUT2D eigenvalue weighted by atomic mass is 10.0. The topological polar surface area (TPSA) is 110 Å². The van der Waals surface area contributed by atoms with Crippen molar-refractivity contribution in [1.29, 1.82) is 0 Å². The van der Waals surface area contributed by atoms with Gasteiger partial charge in [-0.1, -0.05) is 17.1 Å². The number of pyridine rings is 1. The van der Waals surface area contributed by atoms with E-state index in [1.807, 2.05) is 13.0 Å². The number of aromatic nitrogens is 4. The summed E-state index contributed by atoms with van der Waals surface area (Å²) < 4.78 is 20.6. The van der Waals surface area contributed by atoms with Crippen molar-refractivity contribution >= 4 is 12.1 Å². The van der Waals surface area contributed by atoms with Crippen LogP contribution in [0.2, 0.25) is 0 Å². The number of alkyl halides is 1. The van der Waals surface area contributed by atoms with E-state index in [9.17, 15) is 14.0 Å². The van der Waals surface area contributed by atoms with E-state index in [1.54, 1.807) is 20.2 Å². The Morgan fingerprint density at radius 1 is 1.35 bits per heavy atom. The number of hydrogen-bond acceptors (Lipinski definition) is 6. The maximum Gasteiger partial charge on any atom is 0.409 e. The Morgan fingerprint density at radius 2 is 2.06 bits per heavy atom. The molecule has 0 spiro atoms. The van der Waals surface area contributed by atoms with E-state index in [0.29, 0.717) is 22.8 Å². The van der Waals surface area contributed by atoms with Gasteiger partial charge >= 0.3 is 12.1 Å². The molecule has 0 saturated heterocycles. The molecule has 1 aliphatic rings. The number of aryl methyl sites for hydroxylation is 2. The summed E-state index contributed by atoms with van der Waals surface area (Å²) in [5.74, 6) is 5.34. The Hall–Kier alpha value is -3.48. The normalized spacial score (nSPS) is 14.2. The molecule has 0 aromatic carbocycles. The van der Waals surface area contributed by atoms with Gasteiger partial charge in [0.1, 0.15) is 23.7 Å². The fourth-order valence-electron chi connectivity index (χ4n) is 3.31. The predicted molar refractivity (Wildman–Crippen MR) is 122 cm³/mol. The molecule has 1 N–H and O–H groups in total. The highest BCUT2D eigenvalue weighted by molar-refractivity contribution is 5.69. The van der Waals surface area contributed by atoms with Crippen LogP contribution in [0.3, 0.4) is 0 Å². The van der Waals surface area contributed by atoms with Gasteiger partial charge in [0, 0.05) is 31.6 Å². The smallest absolute Gasteiger partial charge is 0.409 e. The maximum atomic E-state index is 13.7. The molecule has 1 saturated carbocycles. The summed E-state index contributed by atoms with van der Waals surface area (Å²) in [6, 6.07) is 3.58. The monoisotopic (exact) mass is 471 g/mol. The van der Waals surface area contributed by atoms with Gasteiger partial charge in [-0.25, -0.2) is 13.9 Å². The molecule has 2 heterocycles. The highest BCUT2D eigenvalue weighted by Crippen LogP contribution is 2.48. The molecular formula is C24H30FN5O4. The zero-order valence-electron chi connectivity index (χ0n) is 20.2. The largest absolute Gasteiger partial charge is 0.481 e. The average molecular weight is 472 g/mol. The Labute approximate surface area is 198 Å². The fraction of sp³-hybridized carbons (Fsp3) is 0.542. The van der Waals surface area contributed by atoms with Gasteiger partial charge in [-0.15, -0.1) is 5.10 Å². The van der Waals surface area contributed by atoms with Gasteiger partial charge in [-0.05, 0) is 52.2 Å². The van der Waals surface area contributed by atoms with E-state index in [4.69, 9.17) is 9.84 Å². The Kier molecular flexibility index (Phi) is 7.24. The number of carbonyl (C=O) groups is 2. The predicted octanol–water partition coefficient (Wildman–Crippen LogP) is 3.50. The van der Waals surface area contributed by atoms with E-state index in [1.165, 1.54) is 23.4 Å². The molecule has 3 rings (SSSR count). The molecule has 34 heavy (non-hydrogen) atoms. The summed E-state index contributed by atoms with van der Waals surface area (Å²) in [4.78, 5) is 29.3. The third kappa shape index (κ3) is 6.53. The summed E-state index contributed by atoms with van der Waals surface area (Å²) in [6.45, 7) is 4.91. The van der Waals surface area contributed by atoms with Gasteiger partial charge in [0.05, 0.1) is 17.8 Å². The molecule has 1 amide bonds. The molecule has 1 aliphatic carbocycles. The second-order valence-electron chi connectivity index (χ2n) is 9.38. The minimum absolute atomic E-state index is 0.0486. The van der Waals surface area contributed by atoms with Crippen molar-refractivity contribution in [1.82, 2.24) is 24.9 Å². The molecular weight excluding hydrogens is 441 g/mol. The van der Waals surface area contributed by atoms with Crippen LogP contribution < -0.4 is 0 Å². The fourth-order valence-corrected chi connectivity index (χ4v) is 3.31. The minimum atomic E-state index is -1.37. The third-order valence-electron chi connectivity index (χ3n) is 5.76. The second-order valence-corrected chi connectivity index (χ2v) is 9.38. The van der Waals surface area contributed by atoms with Crippen molar-refractivity contribution < 1.29 is 23.8 Å². The molecule has 2 aromatic heterocycles. The van der Waals surface area contributed by atoms with Crippen molar-refractivity contribution in [3.05, 3.63) is 29.1 Å². The molecule has 0 aliphatic heterocycles. The summed E-state index contributed by atoms with van der Waals surface area (Å²) in [6.07, 6.45) is 1.26. The number of carbonyl (C=O) groups excluding carboxylic acids is 1. The summed E-state index contributed by atoms with van der Waals surface area (Å²) in [5.41, 5.74) is 1.20. The zero-order valence-corrected chi connectivity index (χ0v) is 20.2. The standard InChI is InChI=1S/C24H30FN5O4/c1-16-17(8-9-24(10-11-24)14-20(31)32)6-7-18(26-16)21-19(30(5)28-27-21)15-34-22(33)29(4)13-12-23(2,3)25/h6-7H,10-15H2,1-5H3,(H,31,32). The molecule has 1 fully saturated rings. The summed E-state index contributed by atoms with van der Waals surface area (Å²) in [5, 5.41) is 17.3. The van der Waals surface area contributed by atoms with E-state index >= 15 is 0 Å². The van der Waals surface area contributed by atoms with Crippen molar-refractivity contribution in [2.24, 2.45) is 12.5 Å². The molecule has 0 bridgehead atoms. The number of rotatable bonds is 8. The first-order valence-electron chi connectivity index (χ1n) is 11.1. The first-order valence-corrected chi connectivity index (χ1v) is 11.1. The van der Waals surface area contributed by atoms with Crippen molar-refractivity contribution in [2.75, 3.05) is 13.6 Å². The number of carboxylic acid groups (broad SMARTS) is 1. The van der Waals surface area contributed by atoms with Crippen molar-refractivity contribution in [2.45, 2.75) is 58.7 Å². The van der Waals surface area contributed by atoms with Crippen LogP contribution in [0.4, 0.5) is 9.18 Å². The van der Waals surface area contributed by atoms with E-state index in [-0.39, 0.29) is 26.0 Å². The van der Waals surface area contributed by atoms with Gasteiger partial charge in [-0.3, -0.25) is 9.78 Å². The highest BCUT2D eigenvalue weighted by Gasteiger charge is 2.43. The van der Waals surface area contributed by atoms with Crippen LogP contribution in [0.5, 0.6) is 0 Å². The number of carboxylic acids is 1. The molecule has 10 heteroatoms. The molecule has 9 nitrogen and oxygen atoms in total. The lowest BCUT2D eigenvalue weighted by molar-refractivity contribution is -0.137. The highest BCUT2D eigenvalue weighted by atomic mass is 19.1. The number of hydrogen-bond donors (Lipinski definition) is 1. The maximum absolute atomic E-state index is 13.7. The number of amides is 1. The van der Waals surface area contributed by atoms with Gasteiger partial charge in [0.15, 0.2) is 0 Å². The molecule has 2 aromatic rings. The number of ether oxygens (including phenoxy) is 1. The average Bonchev–Trinajstić information content (AvgIpc) is 3.40. The Bertz CT molecular complexity index is 1140. The van der Waals surface area contributed by atoms with Crippen LogP contribution in [0, 0.1) is 24.2 Å². The third-order valence-corrected chi connectivity index (χ3v) is 5.76. The first-order chi connectivity index (χ1) is 15.9. The Balaban J connectivity index is 1.70. The summed E-state index contributed by atoms with van der Waals surface area (Å²) in [7, 11) is 3.25. The number of halogens is 1. The van der Waals surface area contributed by atoms with Gasteiger partial charge in [0.2, 0.25) is 0 Å². The van der Waals surface area contributed by atoms with E-state index < -0.39 is 23.1 Å². The van der Waals surface area contributed by atoms with Crippen LogP contribution in [0.15, 0.2) is 12.1 Å². The quantitative estimate of drug-likeness (QED) is 0.587. The van der Waals surface area contributed by atoms with Gasteiger partial charge in [-0.2, -0.15) is 0 Å². The van der Waals surface area contributed by atoms with Crippen LogP contribution in [0.25, 0.3) is 11.4 Å². The molecule has 0 radical (unpaired) electrons. The Morgan fingerprint density at radius 3 is 2.65 bits per heavy atom.